The van der Waals surface area contributed by atoms with Gasteiger partial charge in [0.1, 0.15) is 0 Å². The van der Waals surface area contributed by atoms with Crippen molar-refractivity contribution < 1.29 is 8.42 Å². The van der Waals surface area contributed by atoms with E-state index in [1.54, 1.807) is 4.31 Å². The summed E-state index contributed by atoms with van der Waals surface area (Å²) in [6.45, 7) is 5.33. The van der Waals surface area contributed by atoms with Gasteiger partial charge in [-0.3, -0.25) is 4.90 Å². The van der Waals surface area contributed by atoms with Crippen LogP contribution in [0.15, 0.2) is 0 Å². The second kappa shape index (κ2) is 6.92. The maximum absolute atomic E-state index is 12.2. The van der Waals surface area contributed by atoms with Crippen LogP contribution in [0.5, 0.6) is 0 Å². The fourth-order valence-corrected chi connectivity index (χ4v) is 4.76. The van der Waals surface area contributed by atoms with Gasteiger partial charge >= 0.3 is 0 Å². The second-order valence-corrected chi connectivity index (χ2v) is 8.22. The first-order chi connectivity index (χ1) is 9.15. The summed E-state index contributed by atoms with van der Waals surface area (Å²) in [5.41, 5.74) is 0. The van der Waals surface area contributed by atoms with E-state index in [2.05, 4.69) is 10.2 Å². The van der Waals surface area contributed by atoms with E-state index in [9.17, 15) is 8.42 Å². The molecule has 118 valence electrons. The highest BCUT2D eigenvalue weighted by Crippen LogP contribution is 2.33. The van der Waals surface area contributed by atoms with Gasteiger partial charge in [0, 0.05) is 38.8 Å². The van der Waals surface area contributed by atoms with Crippen molar-refractivity contribution in [1.29, 1.82) is 0 Å². The maximum Gasteiger partial charge on any atom is 0.214 e. The lowest BCUT2D eigenvalue weighted by Crippen LogP contribution is -2.52. The normalized spacial score (nSPS) is 29.3. The van der Waals surface area contributed by atoms with E-state index in [4.69, 9.17) is 0 Å². The molecule has 7 heteroatoms. The van der Waals surface area contributed by atoms with Gasteiger partial charge in [0.25, 0.3) is 0 Å². The average Bonchev–Trinajstić information content (AvgIpc) is 3.09. The van der Waals surface area contributed by atoms with Crippen LogP contribution in [-0.4, -0.2) is 68.7 Å². The molecule has 5 nitrogen and oxygen atoms in total. The molecule has 0 amide bonds. The first-order valence-corrected chi connectivity index (χ1v) is 9.19. The summed E-state index contributed by atoms with van der Waals surface area (Å²) >= 11 is 0. The van der Waals surface area contributed by atoms with Crippen LogP contribution in [0.2, 0.25) is 0 Å². The van der Waals surface area contributed by atoms with Crippen molar-refractivity contribution in [3.8, 4) is 0 Å². The molecule has 20 heavy (non-hydrogen) atoms. The summed E-state index contributed by atoms with van der Waals surface area (Å²) in [7, 11) is -2.99. The molecule has 0 bridgehead atoms. The molecule has 3 aliphatic rings. The maximum atomic E-state index is 12.2. The Morgan fingerprint density at radius 3 is 2.30 bits per heavy atom. The van der Waals surface area contributed by atoms with E-state index < -0.39 is 10.0 Å². The molecule has 1 aliphatic carbocycles. The van der Waals surface area contributed by atoms with Crippen LogP contribution in [0.3, 0.4) is 0 Å². The number of rotatable bonds is 5. The van der Waals surface area contributed by atoms with Crippen molar-refractivity contribution in [1.82, 2.24) is 14.5 Å². The molecule has 3 fully saturated rings. The highest BCUT2D eigenvalue weighted by Gasteiger charge is 2.32. The molecule has 2 aliphatic heterocycles. The Hall–Kier alpha value is 0.120. The molecule has 1 atom stereocenters. The highest BCUT2D eigenvalue weighted by molar-refractivity contribution is 7.89. The Morgan fingerprint density at radius 2 is 1.75 bits per heavy atom. The summed E-state index contributed by atoms with van der Waals surface area (Å²) in [6.07, 6.45) is 4.54. The summed E-state index contributed by atoms with van der Waals surface area (Å²) in [4.78, 5) is 2.45. The van der Waals surface area contributed by atoms with Gasteiger partial charge in [-0.1, -0.05) is 12.8 Å². The zero-order valence-corrected chi connectivity index (χ0v) is 13.6. The number of nitrogens with one attached hydrogen (secondary N) is 1. The van der Waals surface area contributed by atoms with Crippen LogP contribution in [-0.2, 0) is 10.0 Å². The molecule has 0 aromatic carbocycles. The smallest absolute Gasteiger partial charge is 0.214 e. The molecule has 1 saturated carbocycles. The van der Waals surface area contributed by atoms with Gasteiger partial charge in [0.05, 0.1) is 5.75 Å². The fourth-order valence-electron chi connectivity index (χ4n) is 3.15. The number of halogens is 1. The van der Waals surface area contributed by atoms with Gasteiger partial charge in [0.2, 0.25) is 10.0 Å². The van der Waals surface area contributed by atoms with Crippen LogP contribution < -0.4 is 5.32 Å². The fraction of sp³-hybridized carbons (Fsp3) is 1.00. The molecule has 2 heterocycles. The zero-order chi connectivity index (χ0) is 13.3. The first-order valence-electron chi connectivity index (χ1n) is 7.58. The van der Waals surface area contributed by atoms with Crippen LogP contribution in [0.4, 0.5) is 0 Å². The topological polar surface area (TPSA) is 52.7 Å². The minimum absolute atomic E-state index is 0. The predicted molar refractivity (Wildman–Crippen MR) is 82.8 cm³/mol. The van der Waals surface area contributed by atoms with E-state index in [1.165, 1.54) is 19.3 Å². The van der Waals surface area contributed by atoms with Gasteiger partial charge < -0.3 is 5.32 Å². The van der Waals surface area contributed by atoms with E-state index in [0.29, 0.717) is 30.8 Å². The van der Waals surface area contributed by atoms with Crippen molar-refractivity contribution >= 4 is 22.4 Å². The van der Waals surface area contributed by atoms with Crippen LogP contribution in [0.1, 0.15) is 25.7 Å². The Bertz CT molecular complexity index is 400. The molecule has 0 aromatic rings. The SMILES string of the molecule is Cl.O=S(=O)(CCC1CC1)N1CCN(C2CCNC2)CC1. The van der Waals surface area contributed by atoms with Gasteiger partial charge in [0.15, 0.2) is 0 Å². The van der Waals surface area contributed by atoms with Crippen LogP contribution in [0, 0.1) is 5.92 Å². The van der Waals surface area contributed by atoms with Crippen molar-refractivity contribution in [3.05, 3.63) is 0 Å². The van der Waals surface area contributed by atoms with Gasteiger partial charge in [-0.15, -0.1) is 12.4 Å². The molecule has 1 N–H and O–H groups in total. The lowest BCUT2D eigenvalue weighted by Gasteiger charge is -2.37. The van der Waals surface area contributed by atoms with Crippen LogP contribution >= 0.6 is 12.4 Å². The largest absolute Gasteiger partial charge is 0.315 e. The second-order valence-electron chi connectivity index (χ2n) is 6.13. The van der Waals surface area contributed by atoms with Crippen molar-refractivity contribution in [2.75, 3.05) is 45.0 Å². The monoisotopic (exact) mass is 323 g/mol. The highest BCUT2D eigenvalue weighted by atomic mass is 35.5. The number of nitrogens with zero attached hydrogens (tertiary/aromatic N) is 2. The van der Waals surface area contributed by atoms with Gasteiger partial charge in [-0.05, 0) is 25.3 Å². The quantitative estimate of drug-likeness (QED) is 0.801. The lowest BCUT2D eigenvalue weighted by atomic mass is 10.2. The number of hydrogen-bond acceptors (Lipinski definition) is 4. The Labute approximate surface area is 128 Å². The average molecular weight is 324 g/mol. The molecular weight excluding hydrogens is 298 g/mol. The predicted octanol–water partition coefficient (Wildman–Crippen LogP) is 0.518. The minimum Gasteiger partial charge on any atom is -0.315 e. The third-order valence-electron chi connectivity index (χ3n) is 4.70. The molecule has 0 aromatic heterocycles. The van der Waals surface area contributed by atoms with Gasteiger partial charge in [-0.2, -0.15) is 4.31 Å². The molecule has 2 saturated heterocycles. The molecule has 0 spiro atoms. The van der Waals surface area contributed by atoms with Crippen molar-refractivity contribution in [2.45, 2.75) is 31.7 Å². The van der Waals surface area contributed by atoms with Crippen molar-refractivity contribution in [3.63, 3.8) is 0 Å². The summed E-state index contributed by atoms with van der Waals surface area (Å²) in [6, 6.07) is 0.622. The standard InChI is InChI=1S/C13H25N3O2S.ClH/c17-19(18,10-4-12-1-2-12)16-8-6-15(7-9-16)13-3-5-14-11-13;/h12-14H,1-11H2;1H. The minimum atomic E-state index is -2.99. The molecular formula is C13H26ClN3O2S. The lowest BCUT2D eigenvalue weighted by molar-refractivity contribution is 0.145. The van der Waals surface area contributed by atoms with E-state index in [-0.39, 0.29) is 12.4 Å². The summed E-state index contributed by atoms with van der Waals surface area (Å²) in [5, 5.41) is 3.38. The number of hydrogen-bond donors (Lipinski definition) is 1. The van der Waals surface area contributed by atoms with E-state index in [0.717, 1.165) is 32.6 Å². The number of sulfonamides is 1. The third-order valence-corrected chi connectivity index (χ3v) is 6.60. The molecule has 3 rings (SSSR count). The summed E-state index contributed by atoms with van der Waals surface area (Å²) < 4.78 is 26.2. The van der Waals surface area contributed by atoms with E-state index >= 15 is 0 Å². The Morgan fingerprint density at radius 1 is 1.05 bits per heavy atom. The van der Waals surface area contributed by atoms with E-state index in [1.807, 2.05) is 0 Å². The Kier molecular flexibility index (Phi) is 5.71. The third kappa shape index (κ3) is 4.07. The van der Waals surface area contributed by atoms with Crippen LogP contribution in [0.25, 0.3) is 0 Å². The molecule has 1 unspecified atom stereocenters. The zero-order valence-electron chi connectivity index (χ0n) is 12.0. The first kappa shape index (κ1) is 16.5. The number of piperazine rings is 1. The molecule has 0 radical (unpaired) electrons. The van der Waals surface area contributed by atoms with Gasteiger partial charge in [-0.25, -0.2) is 8.42 Å². The Balaban J connectivity index is 0.00000147. The van der Waals surface area contributed by atoms with Crippen molar-refractivity contribution in [2.24, 2.45) is 5.92 Å². The summed E-state index contributed by atoms with van der Waals surface area (Å²) in [5.74, 6) is 1.06.